The van der Waals surface area contributed by atoms with E-state index in [1.54, 1.807) is 0 Å². The number of aromatic nitrogens is 1. The summed E-state index contributed by atoms with van der Waals surface area (Å²) in [5.74, 6) is 0.541. The molecule has 4 heteroatoms. The van der Waals surface area contributed by atoms with E-state index >= 15 is 0 Å². The molecule has 0 spiro atoms. The average Bonchev–Trinajstić information content (AvgIpc) is 2.70. The zero-order chi connectivity index (χ0) is 13.6. The van der Waals surface area contributed by atoms with Crippen LogP contribution in [0.25, 0.3) is 11.3 Å². The van der Waals surface area contributed by atoms with Crippen LogP contribution in [0.2, 0.25) is 0 Å². The molecule has 2 heterocycles. The molecule has 1 aliphatic rings. The van der Waals surface area contributed by atoms with Crippen molar-refractivity contribution in [3.05, 3.63) is 41.1 Å². The van der Waals surface area contributed by atoms with Gasteiger partial charge in [-0.2, -0.15) is 0 Å². The van der Waals surface area contributed by atoms with Crippen molar-refractivity contribution in [1.82, 2.24) is 4.57 Å². The summed E-state index contributed by atoms with van der Waals surface area (Å²) in [4.78, 5) is 11.9. The Morgan fingerprint density at radius 3 is 2.84 bits per heavy atom. The number of hydrogen-bond acceptors (Lipinski definition) is 3. The van der Waals surface area contributed by atoms with Gasteiger partial charge in [-0.3, -0.25) is 0 Å². The van der Waals surface area contributed by atoms with Gasteiger partial charge in [0.05, 0.1) is 12.8 Å². The van der Waals surface area contributed by atoms with Crippen LogP contribution in [0.5, 0.6) is 5.75 Å². The summed E-state index contributed by atoms with van der Waals surface area (Å²) >= 11 is 0. The van der Waals surface area contributed by atoms with Crippen LogP contribution in [0.1, 0.15) is 21.6 Å². The van der Waals surface area contributed by atoms with E-state index in [2.05, 4.69) is 0 Å². The SMILES string of the molecule is COC(=O)c1c(C)c2c(n1C)-c1ccccc1OC2. The Hall–Kier alpha value is -2.23. The van der Waals surface area contributed by atoms with Crippen molar-refractivity contribution >= 4 is 5.97 Å². The molecule has 0 aliphatic carbocycles. The van der Waals surface area contributed by atoms with Gasteiger partial charge in [-0.15, -0.1) is 0 Å². The fraction of sp³-hybridized carbons (Fsp3) is 0.267. The lowest BCUT2D eigenvalue weighted by Gasteiger charge is -2.19. The standard InChI is InChI=1S/C15H15NO3/c1-9-11-8-19-12-7-5-4-6-10(12)14(11)16(2)13(9)15(17)18-3/h4-7H,8H2,1-3H3. The molecule has 0 atom stereocenters. The van der Waals surface area contributed by atoms with Gasteiger partial charge < -0.3 is 14.0 Å². The fourth-order valence-corrected chi connectivity index (χ4v) is 2.73. The highest BCUT2D eigenvalue weighted by Crippen LogP contribution is 2.40. The first kappa shape index (κ1) is 11.8. The molecule has 1 aromatic carbocycles. The summed E-state index contributed by atoms with van der Waals surface area (Å²) in [6, 6.07) is 7.87. The third-order valence-electron chi connectivity index (χ3n) is 3.66. The minimum Gasteiger partial charge on any atom is -0.488 e. The Bertz CT molecular complexity index is 670. The lowest BCUT2D eigenvalue weighted by molar-refractivity contribution is 0.0589. The van der Waals surface area contributed by atoms with E-state index in [0.29, 0.717) is 12.3 Å². The highest BCUT2D eigenvalue weighted by Gasteiger charge is 2.28. The number of fused-ring (bicyclic) bond motifs is 3. The van der Waals surface area contributed by atoms with E-state index < -0.39 is 0 Å². The maximum Gasteiger partial charge on any atom is 0.354 e. The maximum absolute atomic E-state index is 11.9. The molecule has 98 valence electrons. The molecule has 19 heavy (non-hydrogen) atoms. The van der Waals surface area contributed by atoms with Crippen molar-refractivity contribution < 1.29 is 14.3 Å². The van der Waals surface area contributed by atoms with Crippen LogP contribution in [0, 0.1) is 6.92 Å². The van der Waals surface area contributed by atoms with E-state index in [-0.39, 0.29) is 5.97 Å². The van der Waals surface area contributed by atoms with E-state index in [1.807, 2.05) is 42.8 Å². The minimum absolute atomic E-state index is 0.313. The van der Waals surface area contributed by atoms with Gasteiger partial charge in [0.15, 0.2) is 0 Å². The van der Waals surface area contributed by atoms with Crippen molar-refractivity contribution in [2.24, 2.45) is 7.05 Å². The number of benzene rings is 1. The summed E-state index contributed by atoms with van der Waals surface area (Å²) < 4.78 is 12.5. The molecule has 0 radical (unpaired) electrons. The summed E-state index contributed by atoms with van der Waals surface area (Å²) in [5, 5.41) is 0. The molecular weight excluding hydrogens is 242 g/mol. The van der Waals surface area contributed by atoms with Gasteiger partial charge in [-0.1, -0.05) is 12.1 Å². The van der Waals surface area contributed by atoms with Crippen molar-refractivity contribution in [2.45, 2.75) is 13.5 Å². The third-order valence-corrected chi connectivity index (χ3v) is 3.66. The van der Waals surface area contributed by atoms with Crippen LogP contribution >= 0.6 is 0 Å². The molecule has 0 saturated carbocycles. The molecule has 3 rings (SSSR count). The molecule has 1 aromatic heterocycles. The Kier molecular flexibility index (Phi) is 2.59. The number of nitrogens with zero attached hydrogens (tertiary/aromatic N) is 1. The second kappa shape index (κ2) is 4.16. The largest absolute Gasteiger partial charge is 0.488 e. The summed E-state index contributed by atoms with van der Waals surface area (Å²) in [6.45, 7) is 2.42. The van der Waals surface area contributed by atoms with Crippen LogP contribution in [-0.2, 0) is 18.4 Å². The Morgan fingerprint density at radius 1 is 1.37 bits per heavy atom. The smallest absolute Gasteiger partial charge is 0.354 e. The van der Waals surface area contributed by atoms with Crippen LogP contribution in [0.15, 0.2) is 24.3 Å². The monoisotopic (exact) mass is 257 g/mol. The third kappa shape index (κ3) is 1.56. The van der Waals surface area contributed by atoms with Gasteiger partial charge >= 0.3 is 5.97 Å². The van der Waals surface area contributed by atoms with Crippen molar-refractivity contribution in [2.75, 3.05) is 7.11 Å². The number of carbonyl (C=O) groups is 1. The summed E-state index contributed by atoms with van der Waals surface area (Å²) in [6.07, 6.45) is 0. The number of rotatable bonds is 1. The normalized spacial score (nSPS) is 12.4. The zero-order valence-electron chi connectivity index (χ0n) is 11.2. The first-order valence-corrected chi connectivity index (χ1v) is 6.13. The van der Waals surface area contributed by atoms with E-state index in [9.17, 15) is 4.79 Å². The van der Waals surface area contributed by atoms with Crippen molar-refractivity contribution in [3.8, 4) is 17.0 Å². The molecule has 1 aliphatic heterocycles. The van der Waals surface area contributed by atoms with Gasteiger partial charge in [0.1, 0.15) is 18.1 Å². The Morgan fingerprint density at radius 2 is 2.11 bits per heavy atom. The molecular formula is C15H15NO3. The molecule has 0 bridgehead atoms. The molecule has 2 aromatic rings. The molecule has 4 nitrogen and oxygen atoms in total. The van der Waals surface area contributed by atoms with Crippen LogP contribution in [0.4, 0.5) is 0 Å². The van der Waals surface area contributed by atoms with E-state index in [0.717, 1.165) is 28.1 Å². The Labute approximate surface area is 111 Å². The average molecular weight is 257 g/mol. The minimum atomic E-state index is -0.313. The quantitative estimate of drug-likeness (QED) is 0.737. The number of esters is 1. The predicted octanol–water partition coefficient (Wildman–Crippen LogP) is 2.68. The number of methoxy groups -OCH3 is 1. The molecule has 0 saturated heterocycles. The lowest BCUT2D eigenvalue weighted by Crippen LogP contribution is -2.10. The highest BCUT2D eigenvalue weighted by atomic mass is 16.5. The number of hydrogen-bond donors (Lipinski definition) is 0. The number of carbonyl (C=O) groups excluding carboxylic acids is 1. The van der Waals surface area contributed by atoms with Crippen LogP contribution in [-0.4, -0.2) is 17.6 Å². The van der Waals surface area contributed by atoms with Gasteiger partial charge in [0.25, 0.3) is 0 Å². The lowest BCUT2D eigenvalue weighted by atomic mass is 10.0. The summed E-state index contributed by atoms with van der Waals surface area (Å²) in [5.41, 5.74) is 4.64. The summed E-state index contributed by atoms with van der Waals surface area (Å²) in [7, 11) is 3.29. The first-order chi connectivity index (χ1) is 9.15. The topological polar surface area (TPSA) is 40.5 Å². The van der Waals surface area contributed by atoms with Gasteiger partial charge in [0, 0.05) is 18.2 Å². The van der Waals surface area contributed by atoms with Crippen LogP contribution in [0.3, 0.4) is 0 Å². The highest BCUT2D eigenvalue weighted by molar-refractivity contribution is 5.92. The van der Waals surface area contributed by atoms with Gasteiger partial charge in [-0.25, -0.2) is 4.79 Å². The molecule has 0 N–H and O–H groups in total. The first-order valence-electron chi connectivity index (χ1n) is 6.13. The number of para-hydroxylation sites is 1. The Balaban J connectivity index is 2.29. The van der Waals surface area contributed by atoms with Crippen molar-refractivity contribution in [3.63, 3.8) is 0 Å². The molecule has 0 amide bonds. The van der Waals surface area contributed by atoms with E-state index in [4.69, 9.17) is 9.47 Å². The number of ether oxygens (including phenoxy) is 2. The zero-order valence-corrected chi connectivity index (χ0v) is 11.2. The predicted molar refractivity (Wildman–Crippen MR) is 71.3 cm³/mol. The van der Waals surface area contributed by atoms with Gasteiger partial charge in [-0.05, 0) is 24.6 Å². The van der Waals surface area contributed by atoms with Crippen LogP contribution < -0.4 is 4.74 Å². The van der Waals surface area contributed by atoms with Gasteiger partial charge in [0.2, 0.25) is 0 Å². The second-order valence-electron chi connectivity index (χ2n) is 4.64. The second-order valence-corrected chi connectivity index (χ2v) is 4.64. The fourth-order valence-electron chi connectivity index (χ4n) is 2.73. The van der Waals surface area contributed by atoms with E-state index in [1.165, 1.54) is 7.11 Å². The molecule has 0 fully saturated rings. The molecule has 0 unspecified atom stereocenters. The van der Waals surface area contributed by atoms with Crippen molar-refractivity contribution in [1.29, 1.82) is 0 Å². The maximum atomic E-state index is 11.9.